The Kier molecular flexibility index (Phi) is 2.82. The van der Waals surface area contributed by atoms with E-state index in [1.54, 1.807) is 6.07 Å². The van der Waals surface area contributed by atoms with Crippen LogP contribution in [-0.4, -0.2) is 9.97 Å². The van der Waals surface area contributed by atoms with Crippen LogP contribution in [0.3, 0.4) is 0 Å². The molecule has 1 heterocycles. The Morgan fingerprint density at radius 1 is 1.00 bits per heavy atom. The second-order valence-electron chi connectivity index (χ2n) is 3.96. The molecule has 0 bridgehead atoms. The zero-order valence-corrected chi connectivity index (χ0v) is 9.86. The van der Waals surface area contributed by atoms with E-state index in [-0.39, 0.29) is 5.95 Å². The van der Waals surface area contributed by atoms with Crippen LogP contribution in [0.4, 0.5) is 23.3 Å². The van der Waals surface area contributed by atoms with Crippen molar-refractivity contribution in [2.24, 2.45) is 0 Å². The first kappa shape index (κ1) is 11.2. The average Bonchev–Trinajstić information content (AvgIpc) is 2.22. The van der Waals surface area contributed by atoms with Crippen LogP contribution in [0, 0.1) is 13.8 Å². The van der Waals surface area contributed by atoms with E-state index in [1.807, 2.05) is 18.2 Å². The van der Waals surface area contributed by atoms with Gasteiger partial charge in [-0.15, -0.1) is 0 Å². The van der Waals surface area contributed by atoms with E-state index in [4.69, 9.17) is 11.5 Å². The Morgan fingerprint density at radius 2 is 1.76 bits per heavy atom. The minimum Gasteiger partial charge on any atom is -0.383 e. The lowest BCUT2D eigenvalue weighted by molar-refractivity contribution is 1.19. The van der Waals surface area contributed by atoms with Crippen molar-refractivity contribution in [1.82, 2.24) is 9.97 Å². The van der Waals surface area contributed by atoms with Crippen LogP contribution in [-0.2, 0) is 0 Å². The van der Waals surface area contributed by atoms with Crippen LogP contribution < -0.4 is 16.8 Å². The average molecular weight is 229 g/mol. The van der Waals surface area contributed by atoms with Crippen LogP contribution in [0.25, 0.3) is 0 Å². The first-order valence-corrected chi connectivity index (χ1v) is 5.29. The van der Waals surface area contributed by atoms with Gasteiger partial charge in [-0.25, -0.2) is 0 Å². The number of rotatable bonds is 2. The largest absolute Gasteiger partial charge is 0.383 e. The number of hydrogen-bond donors (Lipinski definition) is 3. The Balaban J connectivity index is 2.28. The van der Waals surface area contributed by atoms with Crippen molar-refractivity contribution in [3.63, 3.8) is 0 Å². The molecule has 0 spiro atoms. The summed E-state index contributed by atoms with van der Waals surface area (Å²) in [4.78, 5) is 7.87. The molecule has 0 atom stereocenters. The van der Waals surface area contributed by atoms with Gasteiger partial charge >= 0.3 is 0 Å². The number of nitrogens with two attached hydrogens (primary N) is 2. The van der Waals surface area contributed by atoms with Gasteiger partial charge in [0.1, 0.15) is 11.6 Å². The molecule has 0 fully saturated rings. The number of aryl methyl sites for hydroxylation is 2. The molecule has 1 aromatic heterocycles. The molecule has 0 aliphatic carbocycles. The van der Waals surface area contributed by atoms with Crippen molar-refractivity contribution >= 4 is 23.3 Å². The van der Waals surface area contributed by atoms with Crippen molar-refractivity contribution < 1.29 is 0 Å². The summed E-state index contributed by atoms with van der Waals surface area (Å²) in [5, 5.41) is 3.14. The molecule has 0 unspecified atom stereocenters. The van der Waals surface area contributed by atoms with Crippen molar-refractivity contribution in [3.8, 4) is 0 Å². The number of benzene rings is 1. The Labute approximate surface area is 99.9 Å². The van der Waals surface area contributed by atoms with Crippen LogP contribution in [0.2, 0.25) is 0 Å². The SMILES string of the molecule is Cc1ccc(Nc2cc(N)nc(N)n2)cc1C. The van der Waals surface area contributed by atoms with Gasteiger partial charge in [-0.1, -0.05) is 6.07 Å². The minimum absolute atomic E-state index is 0.163. The Bertz CT molecular complexity index is 530. The predicted octanol–water partition coefficient (Wildman–Crippen LogP) is 2.00. The first-order chi connectivity index (χ1) is 8.04. The lowest BCUT2D eigenvalue weighted by atomic mass is 10.1. The Morgan fingerprint density at radius 3 is 2.41 bits per heavy atom. The minimum atomic E-state index is 0.163. The summed E-state index contributed by atoms with van der Waals surface area (Å²) in [6.07, 6.45) is 0. The topological polar surface area (TPSA) is 89.8 Å². The maximum Gasteiger partial charge on any atom is 0.223 e. The van der Waals surface area contributed by atoms with E-state index in [0.717, 1.165) is 5.69 Å². The van der Waals surface area contributed by atoms with Gasteiger partial charge < -0.3 is 16.8 Å². The number of nitrogen functional groups attached to an aromatic ring is 2. The molecule has 5 N–H and O–H groups in total. The number of hydrogen-bond acceptors (Lipinski definition) is 5. The fourth-order valence-electron chi connectivity index (χ4n) is 1.52. The highest BCUT2D eigenvalue weighted by Crippen LogP contribution is 2.19. The molecule has 1 aromatic carbocycles. The molecular formula is C12H15N5. The van der Waals surface area contributed by atoms with Gasteiger partial charge in [-0.05, 0) is 37.1 Å². The van der Waals surface area contributed by atoms with E-state index >= 15 is 0 Å². The third-order valence-corrected chi connectivity index (χ3v) is 2.54. The van der Waals surface area contributed by atoms with Gasteiger partial charge in [-0.2, -0.15) is 9.97 Å². The molecule has 0 saturated heterocycles. The highest BCUT2D eigenvalue weighted by Gasteiger charge is 2.01. The highest BCUT2D eigenvalue weighted by atomic mass is 15.1. The summed E-state index contributed by atoms with van der Waals surface area (Å²) in [6.45, 7) is 4.13. The van der Waals surface area contributed by atoms with Crippen molar-refractivity contribution in [2.45, 2.75) is 13.8 Å². The van der Waals surface area contributed by atoms with Crippen LogP contribution >= 0.6 is 0 Å². The monoisotopic (exact) mass is 229 g/mol. The number of nitrogens with zero attached hydrogens (tertiary/aromatic N) is 2. The summed E-state index contributed by atoms with van der Waals surface area (Å²) >= 11 is 0. The summed E-state index contributed by atoms with van der Waals surface area (Å²) in [5.74, 6) is 1.11. The summed E-state index contributed by atoms with van der Waals surface area (Å²) < 4.78 is 0. The first-order valence-electron chi connectivity index (χ1n) is 5.29. The van der Waals surface area contributed by atoms with Gasteiger partial charge in [0.25, 0.3) is 0 Å². The second-order valence-corrected chi connectivity index (χ2v) is 3.96. The van der Waals surface area contributed by atoms with E-state index in [0.29, 0.717) is 11.6 Å². The predicted molar refractivity (Wildman–Crippen MR) is 70.1 cm³/mol. The summed E-state index contributed by atoms with van der Waals surface area (Å²) in [6, 6.07) is 7.72. The van der Waals surface area contributed by atoms with Crippen molar-refractivity contribution in [1.29, 1.82) is 0 Å². The van der Waals surface area contributed by atoms with Crippen molar-refractivity contribution in [3.05, 3.63) is 35.4 Å². The smallest absolute Gasteiger partial charge is 0.223 e. The zero-order chi connectivity index (χ0) is 12.4. The lowest BCUT2D eigenvalue weighted by Crippen LogP contribution is -2.03. The van der Waals surface area contributed by atoms with Crippen LogP contribution in [0.1, 0.15) is 11.1 Å². The van der Waals surface area contributed by atoms with Crippen molar-refractivity contribution in [2.75, 3.05) is 16.8 Å². The normalized spacial score (nSPS) is 10.2. The molecule has 5 heteroatoms. The van der Waals surface area contributed by atoms with E-state index in [2.05, 4.69) is 29.1 Å². The molecule has 0 radical (unpaired) electrons. The van der Waals surface area contributed by atoms with E-state index < -0.39 is 0 Å². The fraction of sp³-hybridized carbons (Fsp3) is 0.167. The van der Waals surface area contributed by atoms with Gasteiger partial charge in [0.2, 0.25) is 5.95 Å². The molecule has 2 rings (SSSR count). The van der Waals surface area contributed by atoms with E-state index in [9.17, 15) is 0 Å². The van der Waals surface area contributed by atoms with Gasteiger partial charge in [0.15, 0.2) is 0 Å². The number of aromatic nitrogens is 2. The van der Waals surface area contributed by atoms with Gasteiger partial charge in [-0.3, -0.25) is 0 Å². The van der Waals surface area contributed by atoms with Crippen LogP contribution in [0.5, 0.6) is 0 Å². The molecule has 0 saturated carbocycles. The lowest BCUT2D eigenvalue weighted by Gasteiger charge is -2.08. The standard InChI is InChI=1S/C12H15N5/c1-7-3-4-9(5-8(7)2)15-11-6-10(13)16-12(14)17-11/h3-6H,1-2H3,(H5,13,14,15,16,17). The third kappa shape index (κ3) is 2.63. The number of nitrogens with one attached hydrogen (secondary N) is 1. The zero-order valence-electron chi connectivity index (χ0n) is 9.86. The second kappa shape index (κ2) is 4.29. The molecule has 0 aliphatic rings. The molecule has 5 nitrogen and oxygen atoms in total. The third-order valence-electron chi connectivity index (χ3n) is 2.54. The molecule has 17 heavy (non-hydrogen) atoms. The summed E-state index contributed by atoms with van der Waals surface area (Å²) in [7, 11) is 0. The number of anilines is 4. The molecule has 0 aliphatic heterocycles. The maximum atomic E-state index is 5.60. The molecular weight excluding hydrogens is 214 g/mol. The molecule has 88 valence electrons. The maximum absolute atomic E-state index is 5.60. The molecule has 0 amide bonds. The quantitative estimate of drug-likeness (QED) is 0.732. The van der Waals surface area contributed by atoms with Gasteiger partial charge in [0, 0.05) is 11.8 Å². The summed E-state index contributed by atoms with van der Waals surface area (Å²) in [5.41, 5.74) is 14.5. The van der Waals surface area contributed by atoms with Crippen LogP contribution in [0.15, 0.2) is 24.3 Å². The Hall–Kier alpha value is -2.30. The van der Waals surface area contributed by atoms with E-state index in [1.165, 1.54) is 11.1 Å². The highest BCUT2D eigenvalue weighted by molar-refractivity contribution is 5.61. The molecule has 2 aromatic rings. The fourth-order valence-corrected chi connectivity index (χ4v) is 1.52. The van der Waals surface area contributed by atoms with Gasteiger partial charge in [0.05, 0.1) is 0 Å².